The average molecular weight is 414 g/mol. The van der Waals surface area contributed by atoms with Crippen LogP contribution < -0.4 is 16.4 Å². The first-order valence-electron chi connectivity index (χ1n) is 9.67. The first-order valence-corrected chi connectivity index (χ1v) is 9.67. The molecule has 0 radical (unpaired) electrons. The number of nitrogens with two attached hydrogens (primary N) is 1. The molecule has 0 aliphatic heterocycles. The fourth-order valence-corrected chi connectivity index (χ4v) is 3.08. The van der Waals surface area contributed by atoms with E-state index < -0.39 is 18.0 Å². The molecule has 0 bridgehead atoms. The summed E-state index contributed by atoms with van der Waals surface area (Å²) in [6.07, 6.45) is 0.409. The van der Waals surface area contributed by atoms with Gasteiger partial charge in [-0.1, -0.05) is 53.7 Å². The van der Waals surface area contributed by atoms with Crippen LogP contribution in [-0.4, -0.2) is 35.0 Å². The van der Waals surface area contributed by atoms with E-state index in [1.807, 2.05) is 13.8 Å². The molecule has 1 aromatic rings. The van der Waals surface area contributed by atoms with Crippen LogP contribution in [0.3, 0.4) is 0 Å². The predicted octanol–water partition coefficient (Wildman–Crippen LogP) is 2.62. The van der Waals surface area contributed by atoms with Gasteiger partial charge in [-0.2, -0.15) is 0 Å². The van der Waals surface area contributed by atoms with Gasteiger partial charge in [-0.05, 0) is 41.9 Å². The summed E-state index contributed by atoms with van der Waals surface area (Å²) in [5.74, 6) is -0.0653. The van der Waals surface area contributed by atoms with Gasteiger partial charge in [0.2, 0.25) is 11.8 Å². The highest BCUT2D eigenvalue weighted by Gasteiger charge is 2.28. The summed E-state index contributed by atoms with van der Waals surface area (Å²) in [6.45, 7) is 12.1. The molecule has 0 saturated carbocycles. The molecule has 2 atom stereocenters. The smallest absolute Gasteiger partial charge is 0.244 e. The largest absolute Gasteiger partial charge is 0.508 e. The number of carbonyl (C=O) groups excluding carboxylic acids is 2. The molecule has 7 heteroatoms. The third-order valence-electron chi connectivity index (χ3n) is 4.79. The molecule has 5 N–H and O–H groups in total. The highest BCUT2D eigenvalue weighted by Crippen LogP contribution is 2.16. The quantitative estimate of drug-likeness (QED) is 0.498. The van der Waals surface area contributed by atoms with Gasteiger partial charge in [0.1, 0.15) is 5.75 Å². The Morgan fingerprint density at radius 2 is 1.43 bits per heavy atom. The van der Waals surface area contributed by atoms with E-state index in [2.05, 4.69) is 38.3 Å². The summed E-state index contributed by atoms with van der Waals surface area (Å²) in [5.41, 5.74) is 6.76. The SMILES string of the molecule is CC(C)C(N[C@@H](Cc1ccc(O)cc1)C(=O)NC(=O)[C@@H](N)C(C)C)C(C)C.Cl. The number of benzene rings is 1. The number of carbonyl (C=O) groups is 2. The second-order valence-corrected chi connectivity index (χ2v) is 8.23. The van der Waals surface area contributed by atoms with Crippen molar-refractivity contribution in [1.29, 1.82) is 0 Å². The van der Waals surface area contributed by atoms with Gasteiger partial charge in [0.05, 0.1) is 12.1 Å². The van der Waals surface area contributed by atoms with Gasteiger partial charge >= 0.3 is 0 Å². The molecule has 1 rings (SSSR count). The van der Waals surface area contributed by atoms with Crippen molar-refractivity contribution in [3.8, 4) is 5.75 Å². The van der Waals surface area contributed by atoms with E-state index in [4.69, 9.17) is 5.73 Å². The highest BCUT2D eigenvalue weighted by molar-refractivity contribution is 6.00. The summed E-state index contributed by atoms with van der Waals surface area (Å²) in [4.78, 5) is 25.1. The van der Waals surface area contributed by atoms with E-state index in [0.717, 1.165) is 5.56 Å². The zero-order valence-electron chi connectivity index (χ0n) is 17.7. The number of aromatic hydroxyl groups is 1. The van der Waals surface area contributed by atoms with Crippen LogP contribution in [0.2, 0.25) is 0 Å². The molecular weight excluding hydrogens is 378 g/mol. The Balaban J connectivity index is 0.00000729. The molecular formula is C21H36ClN3O3. The summed E-state index contributed by atoms with van der Waals surface area (Å²) >= 11 is 0. The second kappa shape index (κ2) is 12.0. The number of hydrogen-bond donors (Lipinski definition) is 4. The Bertz CT molecular complexity index is 610. The standard InChI is InChI=1S/C21H35N3O3.ClH/c1-12(2)18(22)21(27)24-20(26)17(23-19(13(3)4)14(5)6)11-15-7-9-16(25)10-8-15;/h7-10,12-14,17-19,23,25H,11,22H2,1-6H3,(H,24,26,27);1H/t17-,18-;/m0./s1. The zero-order valence-corrected chi connectivity index (χ0v) is 18.5. The fraction of sp³-hybridized carbons (Fsp3) is 0.619. The maximum Gasteiger partial charge on any atom is 0.244 e. The van der Waals surface area contributed by atoms with Crippen LogP contribution in [0.1, 0.15) is 47.1 Å². The minimum Gasteiger partial charge on any atom is -0.508 e. The van der Waals surface area contributed by atoms with Crippen molar-refractivity contribution in [2.45, 2.75) is 66.1 Å². The molecule has 0 unspecified atom stereocenters. The Morgan fingerprint density at radius 3 is 1.86 bits per heavy atom. The third-order valence-corrected chi connectivity index (χ3v) is 4.79. The maximum absolute atomic E-state index is 12.8. The van der Waals surface area contributed by atoms with Crippen molar-refractivity contribution in [2.75, 3.05) is 0 Å². The molecule has 0 saturated heterocycles. The van der Waals surface area contributed by atoms with Crippen molar-refractivity contribution < 1.29 is 14.7 Å². The number of imide groups is 1. The van der Waals surface area contributed by atoms with E-state index in [1.54, 1.807) is 24.3 Å². The lowest BCUT2D eigenvalue weighted by Gasteiger charge is -2.31. The molecule has 0 aliphatic carbocycles. The van der Waals surface area contributed by atoms with Gasteiger partial charge in [0, 0.05) is 6.04 Å². The van der Waals surface area contributed by atoms with E-state index in [-0.39, 0.29) is 36.0 Å². The summed E-state index contributed by atoms with van der Waals surface area (Å²) in [6, 6.07) is 5.55. The van der Waals surface area contributed by atoms with Crippen molar-refractivity contribution in [1.82, 2.24) is 10.6 Å². The number of nitrogens with one attached hydrogen (secondary N) is 2. The number of phenolic OH excluding ortho intramolecular Hbond substituents is 1. The highest BCUT2D eigenvalue weighted by atomic mass is 35.5. The van der Waals surface area contributed by atoms with Gasteiger partial charge in [-0.15, -0.1) is 12.4 Å². The molecule has 28 heavy (non-hydrogen) atoms. The first-order chi connectivity index (χ1) is 12.5. The van der Waals surface area contributed by atoms with Gasteiger partial charge < -0.3 is 16.2 Å². The van der Waals surface area contributed by atoms with Crippen LogP contribution in [0.4, 0.5) is 0 Å². The maximum atomic E-state index is 12.8. The number of amides is 2. The third kappa shape index (κ3) is 8.17. The Hall–Kier alpha value is -1.63. The monoisotopic (exact) mass is 413 g/mol. The Morgan fingerprint density at radius 1 is 0.929 bits per heavy atom. The second-order valence-electron chi connectivity index (χ2n) is 8.23. The van der Waals surface area contributed by atoms with Crippen LogP contribution in [0.15, 0.2) is 24.3 Å². The summed E-state index contributed by atoms with van der Waals surface area (Å²) in [7, 11) is 0. The average Bonchev–Trinajstić information content (AvgIpc) is 2.58. The van der Waals surface area contributed by atoms with Gasteiger partial charge in [-0.3, -0.25) is 14.9 Å². The lowest BCUT2D eigenvalue weighted by molar-refractivity contribution is -0.133. The van der Waals surface area contributed by atoms with Crippen LogP contribution in [-0.2, 0) is 16.0 Å². The lowest BCUT2D eigenvalue weighted by Crippen LogP contribution is -2.56. The van der Waals surface area contributed by atoms with Gasteiger partial charge in [-0.25, -0.2) is 0 Å². The first kappa shape index (κ1) is 26.4. The minimum atomic E-state index is -0.728. The van der Waals surface area contributed by atoms with E-state index in [9.17, 15) is 14.7 Å². The van der Waals surface area contributed by atoms with Crippen LogP contribution in [0, 0.1) is 17.8 Å². The molecule has 0 heterocycles. The summed E-state index contributed by atoms with van der Waals surface area (Å²) < 4.78 is 0. The number of phenols is 1. The van der Waals surface area contributed by atoms with E-state index in [1.165, 1.54) is 0 Å². The lowest BCUT2D eigenvalue weighted by atomic mass is 9.91. The zero-order chi connectivity index (χ0) is 20.7. The molecule has 0 fully saturated rings. The van der Waals surface area contributed by atoms with Crippen LogP contribution in [0.25, 0.3) is 0 Å². The van der Waals surface area contributed by atoms with E-state index in [0.29, 0.717) is 18.3 Å². The molecule has 6 nitrogen and oxygen atoms in total. The van der Waals surface area contributed by atoms with Crippen molar-refractivity contribution >= 4 is 24.2 Å². The molecule has 160 valence electrons. The molecule has 0 spiro atoms. The summed E-state index contributed by atoms with van der Waals surface area (Å²) in [5, 5.41) is 15.4. The minimum absolute atomic E-state index is 0. The van der Waals surface area contributed by atoms with Crippen LogP contribution >= 0.6 is 12.4 Å². The van der Waals surface area contributed by atoms with Crippen molar-refractivity contribution in [3.05, 3.63) is 29.8 Å². The van der Waals surface area contributed by atoms with Crippen LogP contribution in [0.5, 0.6) is 5.75 Å². The molecule has 2 amide bonds. The number of halogens is 1. The Kier molecular flexibility index (Phi) is 11.3. The van der Waals surface area contributed by atoms with E-state index >= 15 is 0 Å². The number of hydrogen-bond acceptors (Lipinski definition) is 5. The molecule has 1 aromatic carbocycles. The van der Waals surface area contributed by atoms with Crippen molar-refractivity contribution in [2.24, 2.45) is 23.5 Å². The Labute approximate surface area is 175 Å². The van der Waals surface area contributed by atoms with Gasteiger partial charge in [0.15, 0.2) is 0 Å². The van der Waals surface area contributed by atoms with Crippen molar-refractivity contribution in [3.63, 3.8) is 0 Å². The fourth-order valence-electron chi connectivity index (χ4n) is 3.08. The van der Waals surface area contributed by atoms with Gasteiger partial charge in [0.25, 0.3) is 0 Å². The topological polar surface area (TPSA) is 104 Å². The normalized spacial score (nSPS) is 13.5. The molecule has 0 aromatic heterocycles. The predicted molar refractivity (Wildman–Crippen MR) is 115 cm³/mol. The number of rotatable bonds is 9. The molecule has 0 aliphatic rings.